The summed E-state index contributed by atoms with van der Waals surface area (Å²) in [5, 5.41) is 4.92. The quantitative estimate of drug-likeness (QED) is 0.741. The highest BCUT2D eigenvalue weighted by Crippen LogP contribution is 2.28. The molecule has 1 unspecified atom stereocenters. The van der Waals surface area contributed by atoms with E-state index in [9.17, 15) is 4.39 Å². The van der Waals surface area contributed by atoms with Crippen LogP contribution in [0.4, 0.5) is 15.8 Å². The van der Waals surface area contributed by atoms with Crippen LogP contribution in [0, 0.1) is 5.82 Å². The van der Waals surface area contributed by atoms with Gasteiger partial charge in [-0.3, -0.25) is 4.90 Å². The zero-order valence-corrected chi connectivity index (χ0v) is 15.4. The minimum Gasteiger partial charge on any atom is -0.381 e. The van der Waals surface area contributed by atoms with Gasteiger partial charge in [-0.1, -0.05) is 6.07 Å². The topological polar surface area (TPSA) is 34.3 Å². The summed E-state index contributed by atoms with van der Waals surface area (Å²) >= 11 is 0. The molecule has 5 heteroatoms. The molecule has 2 aliphatic heterocycles. The minimum absolute atomic E-state index is 0.137. The number of hydrogen-bond donors (Lipinski definition) is 2. The molecule has 3 aromatic rings. The van der Waals surface area contributed by atoms with Gasteiger partial charge in [0.1, 0.15) is 5.82 Å². The van der Waals surface area contributed by atoms with Gasteiger partial charge in [-0.2, -0.15) is 0 Å². The van der Waals surface area contributed by atoms with Crippen molar-refractivity contribution in [2.24, 2.45) is 0 Å². The van der Waals surface area contributed by atoms with Crippen molar-refractivity contribution >= 4 is 22.3 Å². The van der Waals surface area contributed by atoms with E-state index in [1.54, 1.807) is 12.1 Å². The normalized spacial score (nSPS) is 20.5. The number of aromatic amines is 1. The van der Waals surface area contributed by atoms with Gasteiger partial charge in [0, 0.05) is 67.2 Å². The monoisotopic (exact) mass is 364 g/mol. The molecule has 5 rings (SSSR count). The van der Waals surface area contributed by atoms with E-state index >= 15 is 0 Å². The molecular formula is C22H25FN4. The molecule has 2 N–H and O–H groups in total. The highest BCUT2D eigenvalue weighted by atomic mass is 19.1. The van der Waals surface area contributed by atoms with E-state index in [0.717, 1.165) is 56.8 Å². The van der Waals surface area contributed by atoms with E-state index in [-0.39, 0.29) is 5.82 Å². The van der Waals surface area contributed by atoms with Crippen LogP contribution in [-0.2, 0) is 6.42 Å². The van der Waals surface area contributed by atoms with E-state index in [2.05, 4.69) is 44.4 Å². The maximum Gasteiger partial charge on any atom is 0.123 e. The first-order valence-corrected chi connectivity index (χ1v) is 9.85. The predicted molar refractivity (Wildman–Crippen MR) is 109 cm³/mol. The summed E-state index contributed by atoms with van der Waals surface area (Å²) in [7, 11) is 0. The van der Waals surface area contributed by atoms with Crippen LogP contribution >= 0.6 is 0 Å². The van der Waals surface area contributed by atoms with Crippen LogP contribution in [0.5, 0.6) is 0 Å². The Morgan fingerprint density at radius 1 is 1.04 bits per heavy atom. The highest BCUT2D eigenvalue weighted by molar-refractivity contribution is 5.92. The van der Waals surface area contributed by atoms with Gasteiger partial charge in [0.15, 0.2) is 0 Å². The molecule has 0 spiro atoms. The molecule has 2 aromatic carbocycles. The first-order chi connectivity index (χ1) is 13.3. The molecular weight excluding hydrogens is 339 g/mol. The fraction of sp³-hybridized carbons (Fsp3) is 0.364. The Bertz CT molecular complexity index is 942. The van der Waals surface area contributed by atoms with Crippen molar-refractivity contribution in [2.45, 2.75) is 18.9 Å². The zero-order chi connectivity index (χ0) is 18.2. The zero-order valence-electron chi connectivity index (χ0n) is 15.4. The number of nitrogens with zero attached hydrogens (tertiary/aromatic N) is 2. The average Bonchev–Trinajstić information content (AvgIpc) is 3.18. The van der Waals surface area contributed by atoms with Crippen molar-refractivity contribution in [3.63, 3.8) is 0 Å². The molecule has 3 heterocycles. The van der Waals surface area contributed by atoms with E-state index in [1.165, 1.54) is 16.6 Å². The van der Waals surface area contributed by atoms with E-state index in [4.69, 9.17) is 0 Å². The van der Waals surface area contributed by atoms with Gasteiger partial charge in [0.2, 0.25) is 0 Å². The number of H-pyrrole nitrogens is 1. The van der Waals surface area contributed by atoms with Gasteiger partial charge in [-0.05, 0) is 54.8 Å². The number of benzene rings is 2. The van der Waals surface area contributed by atoms with Crippen LogP contribution in [0.1, 0.15) is 12.0 Å². The van der Waals surface area contributed by atoms with Crippen molar-refractivity contribution in [3.8, 4) is 0 Å². The number of nitrogens with one attached hydrogen (secondary N) is 2. The molecule has 27 heavy (non-hydrogen) atoms. The molecule has 2 aliphatic rings. The lowest BCUT2D eigenvalue weighted by Gasteiger charge is -2.39. The summed E-state index contributed by atoms with van der Waals surface area (Å²) in [6, 6.07) is 14.2. The van der Waals surface area contributed by atoms with Crippen molar-refractivity contribution in [1.82, 2.24) is 9.88 Å². The van der Waals surface area contributed by atoms with Crippen LogP contribution in [0.3, 0.4) is 0 Å². The smallest absolute Gasteiger partial charge is 0.123 e. The Kier molecular flexibility index (Phi) is 4.24. The van der Waals surface area contributed by atoms with Crippen LogP contribution in [0.25, 0.3) is 10.9 Å². The number of fused-ring (bicyclic) bond motifs is 2. The number of piperazine rings is 1. The Morgan fingerprint density at radius 2 is 1.93 bits per heavy atom. The molecule has 0 radical (unpaired) electrons. The number of aromatic nitrogens is 1. The summed E-state index contributed by atoms with van der Waals surface area (Å²) in [4.78, 5) is 8.36. The fourth-order valence-electron chi connectivity index (χ4n) is 4.50. The second-order valence-corrected chi connectivity index (χ2v) is 7.69. The van der Waals surface area contributed by atoms with Crippen LogP contribution in [0.2, 0.25) is 0 Å². The first-order valence-electron chi connectivity index (χ1n) is 9.85. The van der Waals surface area contributed by atoms with E-state index in [0.29, 0.717) is 6.04 Å². The van der Waals surface area contributed by atoms with Gasteiger partial charge in [0.25, 0.3) is 0 Å². The molecule has 1 aromatic heterocycles. The average molecular weight is 364 g/mol. The van der Waals surface area contributed by atoms with Crippen molar-refractivity contribution in [2.75, 3.05) is 42.9 Å². The molecule has 1 fully saturated rings. The Hall–Kier alpha value is -2.53. The SMILES string of the molecule is Fc1ccc2c(c1)CCC(CN1CCN(c3cccc4[nH]ccc34)CC1)N2. The van der Waals surface area contributed by atoms with Gasteiger partial charge in [-0.25, -0.2) is 4.39 Å². The molecule has 0 bridgehead atoms. The number of halogens is 1. The predicted octanol–water partition coefficient (Wildman–Crippen LogP) is 3.86. The lowest BCUT2D eigenvalue weighted by molar-refractivity contribution is 0.243. The third-order valence-corrected chi connectivity index (χ3v) is 5.95. The second-order valence-electron chi connectivity index (χ2n) is 7.69. The van der Waals surface area contributed by atoms with Crippen LogP contribution < -0.4 is 10.2 Å². The van der Waals surface area contributed by atoms with E-state index in [1.807, 2.05) is 12.3 Å². The number of rotatable bonds is 3. The van der Waals surface area contributed by atoms with E-state index < -0.39 is 0 Å². The molecule has 0 aliphatic carbocycles. The third-order valence-electron chi connectivity index (χ3n) is 5.95. The van der Waals surface area contributed by atoms with Gasteiger partial charge in [0.05, 0.1) is 0 Å². The fourth-order valence-corrected chi connectivity index (χ4v) is 4.50. The first kappa shape index (κ1) is 16.6. The maximum absolute atomic E-state index is 13.4. The minimum atomic E-state index is -0.137. The molecule has 0 amide bonds. The number of hydrogen-bond acceptors (Lipinski definition) is 3. The lowest BCUT2D eigenvalue weighted by Crippen LogP contribution is -2.50. The maximum atomic E-state index is 13.4. The van der Waals surface area contributed by atoms with Crippen molar-refractivity contribution in [1.29, 1.82) is 0 Å². The Balaban J connectivity index is 1.20. The number of anilines is 2. The molecule has 0 saturated carbocycles. The Labute approximate surface area is 159 Å². The largest absolute Gasteiger partial charge is 0.381 e. The van der Waals surface area contributed by atoms with Crippen LogP contribution in [0.15, 0.2) is 48.7 Å². The molecule has 1 saturated heterocycles. The second kappa shape index (κ2) is 6.89. The summed E-state index contributed by atoms with van der Waals surface area (Å²) < 4.78 is 13.4. The molecule has 1 atom stereocenters. The highest BCUT2D eigenvalue weighted by Gasteiger charge is 2.24. The molecule has 140 valence electrons. The summed E-state index contributed by atoms with van der Waals surface area (Å²) in [6.45, 7) is 5.32. The lowest BCUT2D eigenvalue weighted by atomic mass is 9.97. The van der Waals surface area contributed by atoms with Gasteiger partial charge < -0.3 is 15.2 Å². The summed E-state index contributed by atoms with van der Waals surface area (Å²) in [5.41, 5.74) is 4.75. The van der Waals surface area contributed by atoms with Gasteiger partial charge in [-0.15, -0.1) is 0 Å². The van der Waals surface area contributed by atoms with Crippen LogP contribution in [-0.4, -0.2) is 48.6 Å². The van der Waals surface area contributed by atoms with Gasteiger partial charge >= 0.3 is 0 Å². The Morgan fingerprint density at radius 3 is 2.81 bits per heavy atom. The van der Waals surface area contributed by atoms with Crippen molar-refractivity contribution < 1.29 is 4.39 Å². The van der Waals surface area contributed by atoms with Crippen molar-refractivity contribution in [3.05, 3.63) is 60.0 Å². The standard InChI is InChI=1S/C22H25FN4/c23-17-5-7-20-16(14-17)4-6-18(25-20)15-26-10-12-27(13-11-26)22-3-1-2-21-19(22)8-9-24-21/h1-3,5,7-9,14,18,24-25H,4,6,10-13,15H2. The summed E-state index contributed by atoms with van der Waals surface area (Å²) in [5.74, 6) is -0.137. The summed E-state index contributed by atoms with van der Waals surface area (Å²) in [6.07, 6.45) is 4.04. The third kappa shape index (κ3) is 3.28. The number of aryl methyl sites for hydroxylation is 1. The molecule has 4 nitrogen and oxygen atoms in total.